The summed E-state index contributed by atoms with van der Waals surface area (Å²) in [5.74, 6) is 0.550. The molecule has 1 saturated carbocycles. The molecule has 3 N–H and O–H groups in total. The fraction of sp³-hybridized carbons (Fsp3) is 0.444. The molecule has 13 heavy (non-hydrogen) atoms. The number of aromatic nitrogens is 1. The minimum atomic E-state index is -0.0485. The minimum Gasteiger partial charge on any atom is -0.326 e. The number of hydrogen-bond acceptors (Lipinski definition) is 2. The Labute approximate surface area is 84.5 Å². The Morgan fingerprint density at radius 3 is 2.85 bits per heavy atom. The maximum Gasteiger partial charge on any atom is 0.252 e. The van der Waals surface area contributed by atoms with Crippen LogP contribution in [0.25, 0.3) is 0 Å². The van der Waals surface area contributed by atoms with E-state index < -0.39 is 0 Å². The molecule has 2 rings (SSSR count). The second-order valence-electron chi connectivity index (χ2n) is 3.36. The predicted molar refractivity (Wildman–Crippen MR) is 54.6 cm³/mol. The van der Waals surface area contributed by atoms with E-state index in [0.717, 1.165) is 10.2 Å². The highest BCUT2D eigenvalue weighted by molar-refractivity contribution is 9.10. The lowest BCUT2D eigenvalue weighted by atomic mass is 10.2. The number of hydrogen-bond donors (Lipinski definition) is 2. The molecule has 1 fully saturated rings. The molecule has 1 aliphatic carbocycles. The van der Waals surface area contributed by atoms with Crippen molar-refractivity contribution in [2.75, 3.05) is 0 Å². The average Bonchev–Trinajstić information content (AvgIpc) is 2.91. The topological polar surface area (TPSA) is 58.9 Å². The summed E-state index contributed by atoms with van der Waals surface area (Å²) in [4.78, 5) is 14.3. The lowest BCUT2D eigenvalue weighted by Crippen LogP contribution is -2.17. The molecule has 0 unspecified atom stereocenters. The molecule has 0 spiro atoms. The zero-order valence-corrected chi connectivity index (χ0v) is 8.73. The third kappa shape index (κ3) is 1.69. The van der Waals surface area contributed by atoms with Crippen molar-refractivity contribution in [2.45, 2.75) is 25.3 Å². The zero-order chi connectivity index (χ0) is 9.42. The van der Waals surface area contributed by atoms with Crippen LogP contribution < -0.4 is 11.3 Å². The first-order valence-electron chi connectivity index (χ1n) is 4.34. The van der Waals surface area contributed by atoms with Crippen LogP contribution >= 0.6 is 15.9 Å². The summed E-state index contributed by atoms with van der Waals surface area (Å²) < 4.78 is 0.982. The maximum absolute atomic E-state index is 11.4. The van der Waals surface area contributed by atoms with Gasteiger partial charge in [-0.05, 0) is 34.8 Å². The van der Waals surface area contributed by atoms with Crippen molar-refractivity contribution in [3.05, 3.63) is 32.2 Å². The third-order valence-corrected chi connectivity index (χ3v) is 2.96. The van der Waals surface area contributed by atoms with Crippen LogP contribution in [0.2, 0.25) is 0 Å². The quantitative estimate of drug-likeness (QED) is 0.826. The van der Waals surface area contributed by atoms with Gasteiger partial charge in [-0.25, -0.2) is 0 Å². The standard InChI is InChI=1S/C9H11BrN2O/c10-7-3-6(4-11)9(13)12-8(7)5-1-2-5/h3,5H,1-2,4,11H2,(H,12,13). The van der Waals surface area contributed by atoms with Gasteiger partial charge in [0.25, 0.3) is 5.56 Å². The summed E-state index contributed by atoms with van der Waals surface area (Å²) in [6.45, 7) is 0.291. The first-order chi connectivity index (χ1) is 6.22. The summed E-state index contributed by atoms with van der Waals surface area (Å²) in [6.07, 6.45) is 2.35. The highest BCUT2D eigenvalue weighted by atomic mass is 79.9. The molecule has 0 radical (unpaired) electrons. The molecule has 0 atom stereocenters. The van der Waals surface area contributed by atoms with Gasteiger partial charge in [0.1, 0.15) is 0 Å². The largest absolute Gasteiger partial charge is 0.326 e. The Kier molecular flexibility index (Phi) is 2.26. The van der Waals surface area contributed by atoms with Crippen LogP contribution in [0.3, 0.4) is 0 Å². The SMILES string of the molecule is NCc1cc(Br)c(C2CC2)[nH]c1=O. The van der Waals surface area contributed by atoms with E-state index in [2.05, 4.69) is 20.9 Å². The number of nitrogens with two attached hydrogens (primary N) is 1. The fourth-order valence-corrected chi connectivity index (χ4v) is 2.08. The molecule has 0 bridgehead atoms. The third-order valence-electron chi connectivity index (χ3n) is 2.30. The van der Waals surface area contributed by atoms with Crippen molar-refractivity contribution in [3.63, 3.8) is 0 Å². The van der Waals surface area contributed by atoms with Crippen LogP contribution in [0.1, 0.15) is 30.0 Å². The van der Waals surface area contributed by atoms with Gasteiger partial charge in [0.2, 0.25) is 0 Å². The van der Waals surface area contributed by atoms with Crippen LogP contribution in [0.15, 0.2) is 15.3 Å². The zero-order valence-electron chi connectivity index (χ0n) is 7.14. The smallest absolute Gasteiger partial charge is 0.252 e. The van der Waals surface area contributed by atoms with Crippen molar-refractivity contribution in [1.82, 2.24) is 4.98 Å². The van der Waals surface area contributed by atoms with Crippen molar-refractivity contribution in [1.29, 1.82) is 0 Å². The van der Waals surface area contributed by atoms with Gasteiger partial charge in [0.15, 0.2) is 0 Å². The van der Waals surface area contributed by atoms with E-state index in [-0.39, 0.29) is 5.56 Å². The number of H-pyrrole nitrogens is 1. The van der Waals surface area contributed by atoms with Gasteiger partial charge in [0, 0.05) is 28.2 Å². The van der Waals surface area contributed by atoms with E-state index in [4.69, 9.17) is 5.73 Å². The molecule has 0 aliphatic heterocycles. The average molecular weight is 243 g/mol. The Hall–Kier alpha value is -0.610. The van der Waals surface area contributed by atoms with E-state index in [1.165, 1.54) is 12.8 Å². The Morgan fingerprint density at radius 2 is 2.31 bits per heavy atom. The molecule has 4 heteroatoms. The lowest BCUT2D eigenvalue weighted by molar-refractivity contribution is 0.939. The van der Waals surface area contributed by atoms with E-state index >= 15 is 0 Å². The van der Waals surface area contributed by atoms with E-state index in [0.29, 0.717) is 18.0 Å². The number of rotatable bonds is 2. The highest BCUT2D eigenvalue weighted by Gasteiger charge is 2.26. The van der Waals surface area contributed by atoms with Crippen LogP contribution in [0.4, 0.5) is 0 Å². The number of halogens is 1. The summed E-state index contributed by atoms with van der Waals surface area (Å²) in [6, 6.07) is 1.83. The second-order valence-corrected chi connectivity index (χ2v) is 4.22. The van der Waals surface area contributed by atoms with Gasteiger partial charge >= 0.3 is 0 Å². The molecule has 1 aromatic rings. The number of aromatic amines is 1. The van der Waals surface area contributed by atoms with Crippen LogP contribution in [-0.2, 0) is 6.54 Å². The number of pyridine rings is 1. The van der Waals surface area contributed by atoms with Gasteiger partial charge < -0.3 is 10.7 Å². The number of nitrogens with one attached hydrogen (secondary N) is 1. The Morgan fingerprint density at radius 1 is 1.62 bits per heavy atom. The first-order valence-corrected chi connectivity index (χ1v) is 5.13. The summed E-state index contributed by atoms with van der Waals surface area (Å²) in [5, 5.41) is 0. The molecule has 70 valence electrons. The Balaban J connectivity index is 2.49. The van der Waals surface area contributed by atoms with Crippen LogP contribution in [-0.4, -0.2) is 4.98 Å². The Bertz CT molecular complexity index is 382. The van der Waals surface area contributed by atoms with Crippen molar-refractivity contribution >= 4 is 15.9 Å². The van der Waals surface area contributed by atoms with Gasteiger partial charge in [-0.15, -0.1) is 0 Å². The van der Waals surface area contributed by atoms with Crippen LogP contribution in [0, 0.1) is 0 Å². The molecule has 1 aliphatic rings. The van der Waals surface area contributed by atoms with E-state index in [9.17, 15) is 4.79 Å². The molecular weight excluding hydrogens is 232 g/mol. The van der Waals surface area contributed by atoms with Crippen LogP contribution in [0.5, 0.6) is 0 Å². The predicted octanol–water partition coefficient (Wildman–Crippen LogP) is 1.47. The first kappa shape index (κ1) is 8.97. The normalized spacial score (nSPS) is 16.2. The molecule has 3 nitrogen and oxygen atoms in total. The molecule has 1 aromatic heterocycles. The summed E-state index contributed by atoms with van der Waals surface area (Å²) in [7, 11) is 0. The molecular formula is C9H11BrN2O. The minimum absolute atomic E-state index is 0.0485. The van der Waals surface area contributed by atoms with Gasteiger partial charge in [-0.1, -0.05) is 0 Å². The maximum atomic E-state index is 11.4. The monoisotopic (exact) mass is 242 g/mol. The van der Waals surface area contributed by atoms with Crippen molar-refractivity contribution in [3.8, 4) is 0 Å². The van der Waals surface area contributed by atoms with E-state index in [1.54, 1.807) is 0 Å². The fourth-order valence-electron chi connectivity index (χ4n) is 1.38. The van der Waals surface area contributed by atoms with Crippen molar-refractivity contribution in [2.24, 2.45) is 5.73 Å². The van der Waals surface area contributed by atoms with Gasteiger partial charge in [-0.2, -0.15) is 0 Å². The summed E-state index contributed by atoms with van der Waals surface area (Å²) in [5.41, 5.74) is 7.04. The van der Waals surface area contributed by atoms with Gasteiger partial charge in [0.05, 0.1) is 0 Å². The molecule has 0 aromatic carbocycles. The molecule has 1 heterocycles. The summed E-state index contributed by atoms with van der Waals surface area (Å²) >= 11 is 3.44. The molecule has 0 amide bonds. The highest BCUT2D eigenvalue weighted by Crippen LogP contribution is 2.41. The van der Waals surface area contributed by atoms with Crippen molar-refractivity contribution < 1.29 is 0 Å². The second kappa shape index (κ2) is 3.27. The molecule has 0 saturated heterocycles. The van der Waals surface area contributed by atoms with Gasteiger partial charge in [-0.3, -0.25) is 4.79 Å². The van der Waals surface area contributed by atoms with E-state index in [1.807, 2.05) is 6.07 Å². The lowest BCUT2D eigenvalue weighted by Gasteiger charge is -2.03.